The largest absolute Gasteiger partial charge is 0.369 e. The van der Waals surface area contributed by atoms with Gasteiger partial charge in [-0.2, -0.15) is 0 Å². The van der Waals surface area contributed by atoms with Crippen LogP contribution in [0.3, 0.4) is 0 Å². The van der Waals surface area contributed by atoms with Crippen molar-refractivity contribution in [2.75, 3.05) is 16.3 Å². The fourth-order valence-corrected chi connectivity index (χ4v) is 1.36. The van der Waals surface area contributed by atoms with Crippen LogP contribution in [0.2, 0.25) is 0 Å². The number of anilines is 2. The van der Waals surface area contributed by atoms with E-state index in [0.717, 1.165) is 10.0 Å². The zero-order valence-corrected chi connectivity index (χ0v) is 10.4. The molecular weight excluding hydrogens is 256 g/mol. The Kier molecular flexibility index (Phi) is 4.25. The van der Waals surface area contributed by atoms with Gasteiger partial charge in [0.05, 0.1) is 0 Å². The smallest absolute Gasteiger partial charge is 0.209 e. The van der Waals surface area contributed by atoms with E-state index in [2.05, 4.69) is 9.97 Å². The van der Waals surface area contributed by atoms with Gasteiger partial charge < -0.3 is 11.5 Å². The summed E-state index contributed by atoms with van der Waals surface area (Å²) >= 11 is 1.25. The van der Waals surface area contributed by atoms with Crippen molar-refractivity contribution in [1.29, 1.82) is 10.8 Å². The van der Waals surface area contributed by atoms with Gasteiger partial charge >= 0.3 is 0 Å². The van der Waals surface area contributed by atoms with Gasteiger partial charge in [0, 0.05) is 6.07 Å². The molecule has 0 atom stereocenters. The second-order valence-corrected chi connectivity index (χ2v) is 3.85. The first-order valence-corrected chi connectivity index (χ1v) is 5.80. The van der Waals surface area contributed by atoms with Crippen molar-refractivity contribution < 1.29 is 0 Å². The summed E-state index contributed by atoms with van der Waals surface area (Å²) in [7, 11) is 0. The fraction of sp³-hybridized carbons (Fsp3) is 0.143. The Hall–Kier alpha value is -2.11. The van der Waals surface area contributed by atoms with Gasteiger partial charge in [-0.15, -0.1) is 0 Å². The average molecular weight is 270 g/mol. The van der Waals surface area contributed by atoms with E-state index in [1.54, 1.807) is 6.26 Å². The summed E-state index contributed by atoms with van der Waals surface area (Å²) in [4.78, 5) is 8.11. The molecule has 98 valence electrons. The van der Waals surface area contributed by atoms with Gasteiger partial charge in [-0.1, -0.05) is 11.8 Å². The second kappa shape index (κ2) is 5.48. The molecule has 0 aliphatic rings. The summed E-state index contributed by atoms with van der Waals surface area (Å²) in [6.45, 7) is 0. The van der Waals surface area contributed by atoms with E-state index in [9.17, 15) is 0 Å². The predicted octanol–water partition coefficient (Wildman–Crippen LogP) is -1.65. The number of rotatable bonds is 3. The Balaban J connectivity index is 3.25. The maximum atomic E-state index is 7.23. The molecule has 10 N–H and O–H groups in total. The number of guanidine groups is 2. The molecule has 18 heavy (non-hydrogen) atoms. The van der Waals surface area contributed by atoms with E-state index in [1.807, 2.05) is 0 Å². The van der Waals surface area contributed by atoms with E-state index in [1.165, 1.54) is 17.8 Å². The zero-order valence-electron chi connectivity index (χ0n) is 9.58. The highest BCUT2D eigenvalue weighted by Crippen LogP contribution is 2.20. The molecule has 0 radical (unpaired) electrons. The molecule has 0 aliphatic carbocycles. The number of thioether (sulfide) groups is 1. The third-order valence-electron chi connectivity index (χ3n) is 1.87. The van der Waals surface area contributed by atoms with E-state index >= 15 is 0 Å². The van der Waals surface area contributed by atoms with Gasteiger partial charge in [0.1, 0.15) is 0 Å². The van der Waals surface area contributed by atoms with Crippen molar-refractivity contribution in [3.8, 4) is 0 Å². The number of hydrazine groups is 2. The van der Waals surface area contributed by atoms with Crippen molar-refractivity contribution in [3.05, 3.63) is 6.07 Å². The van der Waals surface area contributed by atoms with Crippen LogP contribution in [-0.4, -0.2) is 28.1 Å². The molecule has 0 unspecified atom stereocenters. The quantitative estimate of drug-likeness (QED) is 0.0934. The molecule has 0 aliphatic heterocycles. The lowest BCUT2D eigenvalue weighted by molar-refractivity contribution is 0.902. The topological polar surface area (TPSA) is 184 Å². The second-order valence-electron chi connectivity index (χ2n) is 3.08. The Morgan fingerprint density at radius 3 is 1.78 bits per heavy atom. The first kappa shape index (κ1) is 14.0. The molecule has 11 heteroatoms. The molecule has 0 fully saturated rings. The van der Waals surface area contributed by atoms with Crippen LogP contribution < -0.4 is 33.2 Å². The minimum atomic E-state index is -0.391. The van der Waals surface area contributed by atoms with Gasteiger partial charge in [0.2, 0.25) is 11.9 Å². The van der Waals surface area contributed by atoms with Gasteiger partial charge in [-0.05, 0) is 6.26 Å². The lowest BCUT2D eigenvalue weighted by atomic mass is 10.5. The molecule has 0 amide bonds. The molecule has 0 aromatic carbocycles. The van der Waals surface area contributed by atoms with Crippen LogP contribution in [0.5, 0.6) is 0 Å². The van der Waals surface area contributed by atoms with Crippen molar-refractivity contribution in [2.24, 2.45) is 23.2 Å². The molecule has 0 saturated carbocycles. The number of nitrogens with zero attached hydrogens (tertiary/aromatic N) is 4. The van der Waals surface area contributed by atoms with E-state index in [0.29, 0.717) is 5.16 Å². The molecule has 1 heterocycles. The molecule has 0 spiro atoms. The normalized spacial score (nSPS) is 9.94. The fourth-order valence-electron chi connectivity index (χ4n) is 0.986. The summed E-state index contributed by atoms with van der Waals surface area (Å²) in [6, 6.07) is 1.36. The standard InChI is InChI=1S/C7H14N10S/c1-18-7-14-3(16(12)5(8)9)2-4(15-7)17(13)6(10)11/h2H,12-13H2,1H3,(H3,8,9)(H3,10,11). The highest BCUT2D eigenvalue weighted by Gasteiger charge is 2.14. The SMILES string of the molecule is CSc1nc(N(N)C(=N)N)cc(N(N)C(=N)N)n1. The Labute approximate surface area is 107 Å². The van der Waals surface area contributed by atoms with Crippen LogP contribution in [0.4, 0.5) is 11.6 Å². The third-order valence-corrected chi connectivity index (χ3v) is 2.42. The lowest BCUT2D eigenvalue weighted by Gasteiger charge is -2.19. The number of hydrogen-bond acceptors (Lipinski definition) is 7. The van der Waals surface area contributed by atoms with E-state index in [-0.39, 0.29) is 11.6 Å². The monoisotopic (exact) mass is 270 g/mol. The van der Waals surface area contributed by atoms with Gasteiger partial charge in [0.25, 0.3) is 0 Å². The van der Waals surface area contributed by atoms with Gasteiger partial charge in [0.15, 0.2) is 16.8 Å². The van der Waals surface area contributed by atoms with Crippen molar-refractivity contribution in [2.45, 2.75) is 5.16 Å². The van der Waals surface area contributed by atoms with Crippen LogP contribution in [0, 0.1) is 10.8 Å². The van der Waals surface area contributed by atoms with Gasteiger partial charge in [-0.25, -0.2) is 31.7 Å². The minimum absolute atomic E-state index is 0.175. The van der Waals surface area contributed by atoms with Crippen LogP contribution in [0.25, 0.3) is 0 Å². The Morgan fingerprint density at radius 1 is 1.11 bits per heavy atom. The first-order valence-electron chi connectivity index (χ1n) is 4.57. The summed E-state index contributed by atoms with van der Waals surface area (Å²) in [5.74, 6) is 10.7. The maximum Gasteiger partial charge on any atom is 0.209 e. The van der Waals surface area contributed by atoms with Crippen molar-refractivity contribution in [3.63, 3.8) is 0 Å². The predicted molar refractivity (Wildman–Crippen MR) is 71.0 cm³/mol. The number of aromatic nitrogens is 2. The van der Waals surface area contributed by atoms with E-state index in [4.69, 9.17) is 34.0 Å². The van der Waals surface area contributed by atoms with Crippen molar-refractivity contribution in [1.82, 2.24) is 9.97 Å². The molecule has 1 aromatic heterocycles. The number of nitrogens with one attached hydrogen (secondary N) is 2. The Bertz CT molecular complexity index is 435. The minimum Gasteiger partial charge on any atom is -0.369 e. The summed E-state index contributed by atoms with van der Waals surface area (Å²) in [5, 5.41) is 16.5. The molecular formula is C7H14N10S. The summed E-state index contributed by atoms with van der Waals surface area (Å²) in [6.07, 6.45) is 1.76. The van der Waals surface area contributed by atoms with Crippen LogP contribution in [0.1, 0.15) is 0 Å². The van der Waals surface area contributed by atoms with Crippen LogP contribution in [-0.2, 0) is 0 Å². The number of hydrogen-bond donors (Lipinski definition) is 6. The van der Waals surface area contributed by atoms with Crippen molar-refractivity contribution >= 4 is 35.3 Å². The first-order chi connectivity index (χ1) is 8.36. The van der Waals surface area contributed by atoms with Gasteiger partial charge in [-0.3, -0.25) is 10.8 Å². The summed E-state index contributed by atoms with van der Waals surface area (Å²) in [5.41, 5.74) is 10.5. The molecule has 1 aromatic rings. The molecule has 1 rings (SSSR count). The average Bonchev–Trinajstić information content (AvgIpc) is 2.35. The van der Waals surface area contributed by atoms with Crippen LogP contribution >= 0.6 is 11.8 Å². The lowest BCUT2D eigenvalue weighted by Crippen LogP contribution is -2.44. The highest BCUT2D eigenvalue weighted by atomic mass is 32.2. The summed E-state index contributed by atoms with van der Waals surface area (Å²) < 4.78 is 0. The Morgan fingerprint density at radius 2 is 1.50 bits per heavy atom. The molecule has 0 bridgehead atoms. The highest BCUT2D eigenvalue weighted by molar-refractivity contribution is 7.98. The number of nitrogens with two attached hydrogens (primary N) is 4. The zero-order chi connectivity index (χ0) is 13.9. The third kappa shape index (κ3) is 2.97. The molecule has 0 saturated heterocycles. The van der Waals surface area contributed by atoms with Crippen LogP contribution in [0.15, 0.2) is 11.2 Å². The maximum absolute atomic E-state index is 7.23. The van der Waals surface area contributed by atoms with E-state index < -0.39 is 11.9 Å². The molecule has 10 nitrogen and oxygen atoms in total.